The third-order valence-electron chi connectivity index (χ3n) is 3.61. The minimum atomic E-state index is -0.268. The van der Waals surface area contributed by atoms with Crippen LogP contribution < -0.4 is 20.1 Å². The third-order valence-corrected chi connectivity index (χ3v) is 3.89. The smallest absolute Gasteiger partial charge is 0.179 e. The van der Waals surface area contributed by atoms with Gasteiger partial charge in [-0.25, -0.2) is 0 Å². The first kappa shape index (κ1) is 16.4. The highest BCUT2D eigenvalue weighted by Gasteiger charge is 2.24. The highest BCUT2D eigenvalue weighted by Crippen LogP contribution is 2.36. The molecule has 5 nitrogen and oxygen atoms in total. The van der Waals surface area contributed by atoms with Gasteiger partial charge in [-0.05, 0) is 24.6 Å². The number of hydrogen-bond donors (Lipinski definition) is 3. The van der Waals surface area contributed by atoms with E-state index in [9.17, 15) is 5.11 Å². The summed E-state index contributed by atoms with van der Waals surface area (Å²) in [6, 6.07) is 3.81. The Balaban J connectivity index is 1.96. The lowest BCUT2D eigenvalue weighted by molar-refractivity contribution is 0.146. The third kappa shape index (κ3) is 4.23. The highest BCUT2D eigenvalue weighted by atomic mass is 35.5. The molecule has 1 heterocycles. The van der Waals surface area contributed by atoms with E-state index in [4.69, 9.17) is 21.1 Å². The molecule has 1 aromatic carbocycles. The van der Waals surface area contributed by atoms with Gasteiger partial charge in [0.1, 0.15) is 0 Å². The molecule has 0 bridgehead atoms. The van der Waals surface area contributed by atoms with Crippen LogP contribution >= 0.6 is 11.6 Å². The molecule has 1 fully saturated rings. The first-order chi connectivity index (χ1) is 10.2. The zero-order chi connectivity index (χ0) is 15.2. The van der Waals surface area contributed by atoms with Crippen molar-refractivity contribution in [2.45, 2.75) is 19.6 Å². The maximum absolute atomic E-state index is 9.75. The molecule has 1 saturated heterocycles. The molecule has 1 aromatic rings. The van der Waals surface area contributed by atoms with E-state index >= 15 is 0 Å². The van der Waals surface area contributed by atoms with E-state index in [1.54, 1.807) is 7.11 Å². The number of nitrogens with one attached hydrogen (secondary N) is 2. The van der Waals surface area contributed by atoms with Crippen molar-refractivity contribution in [2.24, 2.45) is 5.92 Å². The number of methoxy groups -OCH3 is 1. The topological polar surface area (TPSA) is 62.8 Å². The number of hydrogen-bond acceptors (Lipinski definition) is 5. The molecule has 1 aliphatic rings. The van der Waals surface area contributed by atoms with E-state index in [0.717, 1.165) is 18.7 Å². The molecule has 2 atom stereocenters. The monoisotopic (exact) mass is 314 g/mol. The standard InChI is InChI=1S/C15H23ClN2O3/c1-3-21-14-5-10(4-12(16)15(14)20-2)6-17-7-11-8-18-9-13(11)19/h4-5,11,13,17-19H,3,6-9H2,1-2H3. The summed E-state index contributed by atoms with van der Waals surface area (Å²) in [6.07, 6.45) is -0.268. The van der Waals surface area contributed by atoms with Gasteiger partial charge in [0.05, 0.1) is 24.8 Å². The molecule has 2 rings (SSSR count). The van der Waals surface area contributed by atoms with Gasteiger partial charge in [-0.1, -0.05) is 11.6 Å². The van der Waals surface area contributed by atoms with Crippen LogP contribution in [0.1, 0.15) is 12.5 Å². The van der Waals surface area contributed by atoms with E-state index in [1.807, 2.05) is 19.1 Å². The van der Waals surface area contributed by atoms with Crippen molar-refractivity contribution in [3.63, 3.8) is 0 Å². The average molecular weight is 315 g/mol. The number of aliphatic hydroxyl groups is 1. The van der Waals surface area contributed by atoms with Gasteiger partial charge in [0.2, 0.25) is 0 Å². The van der Waals surface area contributed by atoms with Crippen molar-refractivity contribution >= 4 is 11.6 Å². The first-order valence-corrected chi connectivity index (χ1v) is 7.62. The molecular weight excluding hydrogens is 292 g/mol. The van der Waals surface area contributed by atoms with Gasteiger partial charge in [0, 0.05) is 32.1 Å². The predicted molar refractivity (Wildman–Crippen MR) is 83.2 cm³/mol. The molecule has 21 heavy (non-hydrogen) atoms. The van der Waals surface area contributed by atoms with Crippen LogP contribution in [0.4, 0.5) is 0 Å². The molecule has 118 valence electrons. The van der Waals surface area contributed by atoms with Crippen LogP contribution in [0.25, 0.3) is 0 Å². The van der Waals surface area contributed by atoms with Crippen LogP contribution in [0.3, 0.4) is 0 Å². The lowest BCUT2D eigenvalue weighted by atomic mass is 10.1. The van der Waals surface area contributed by atoms with Crippen molar-refractivity contribution in [1.29, 1.82) is 0 Å². The van der Waals surface area contributed by atoms with E-state index in [1.165, 1.54) is 0 Å². The summed E-state index contributed by atoms with van der Waals surface area (Å²) < 4.78 is 10.8. The van der Waals surface area contributed by atoms with Gasteiger partial charge in [-0.3, -0.25) is 0 Å². The van der Waals surface area contributed by atoms with E-state index in [-0.39, 0.29) is 12.0 Å². The number of benzene rings is 1. The Kier molecular flexibility index (Phi) is 6.11. The summed E-state index contributed by atoms with van der Waals surface area (Å²) in [7, 11) is 1.58. The minimum absolute atomic E-state index is 0.255. The SMILES string of the molecule is CCOc1cc(CNCC2CNCC2O)cc(Cl)c1OC. The van der Waals surface area contributed by atoms with Crippen molar-refractivity contribution in [2.75, 3.05) is 33.4 Å². The number of halogens is 1. The summed E-state index contributed by atoms with van der Waals surface area (Å²) >= 11 is 6.22. The van der Waals surface area contributed by atoms with E-state index in [0.29, 0.717) is 36.2 Å². The van der Waals surface area contributed by atoms with Gasteiger partial charge >= 0.3 is 0 Å². The van der Waals surface area contributed by atoms with Gasteiger partial charge in [-0.15, -0.1) is 0 Å². The lowest BCUT2D eigenvalue weighted by Crippen LogP contribution is -2.30. The van der Waals surface area contributed by atoms with Gasteiger partial charge in [0.25, 0.3) is 0 Å². The zero-order valence-corrected chi connectivity index (χ0v) is 13.2. The van der Waals surface area contributed by atoms with E-state index in [2.05, 4.69) is 10.6 Å². The molecule has 0 aliphatic carbocycles. The van der Waals surface area contributed by atoms with Gasteiger partial charge in [0.15, 0.2) is 11.5 Å². The molecule has 6 heteroatoms. The molecule has 0 aromatic heterocycles. The highest BCUT2D eigenvalue weighted by molar-refractivity contribution is 6.32. The van der Waals surface area contributed by atoms with Crippen molar-refractivity contribution in [1.82, 2.24) is 10.6 Å². The fraction of sp³-hybridized carbons (Fsp3) is 0.600. The van der Waals surface area contributed by atoms with Gasteiger partial charge in [-0.2, -0.15) is 0 Å². The largest absolute Gasteiger partial charge is 0.491 e. The summed E-state index contributed by atoms with van der Waals surface area (Å²) in [5.41, 5.74) is 1.03. The van der Waals surface area contributed by atoms with E-state index < -0.39 is 0 Å². The minimum Gasteiger partial charge on any atom is -0.491 e. The summed E-state index contributed by atoms with van der Waals surface area (Å²) in [5, 5.41) is 16.8. The Hall–Kier alpha value is -1.01. The Morgan fingerprint density at radius 2 is 2.24 bits per heavy atom. The van der Waals surface area contributed by atoms with Crippen LogP contribution in [-0.2, 0) is 6.54 Å². The number of ether oxygens (including phenoxy) is 2. The molecule has 0 amide bonds. The second-order valence-electron chi connectivity index (χ2n) is 5.16. The fourth-order valence-electron chi connectivity index (χ4n) is 2.51. The summed E-state index contributed by atoms with van der Waals surface area (Å²) in [4.78, 5) is 0. The Bertz CT molecular complexity index is 470. The van der Waals surface area contributed by atoms with Crippen LogP contribution in [-0.4, -0.2) is 44.6 Å². The van der Waals surface area contributed by atoms with Gasteiger partial charge < -0.3 is 25.2 Å². The van der Waals surface area contributed by atoms with Crippen molar-refractivity contribution < 1.29 is 14.6 Å². The molecular formula is C15H23ClN2O3. The van der Waals surface area contributed by atoms with Crippen LogP contribution in [0.15, 0.2) is 12.1 Å². The zero-order valence-electron chi connectivity index (χ0n) is 12.5. The molecule has 3 N–H and O–H groups in total. The number of rotatable bonds is 7. The lowest BCUT2D eigenvalue weighted by Gasteiger charge is -2.16. The molecule has 0 spiro atoms. The Labute approximate surface area is 130 Å². The average Bonchev–Trinajstić information content (AvgIpc) is 2.85. The quantitative estimate of drug-likeness (QED) is 0.710. The molecule has 2 unspecified atom stereocenters. The van der Waals surface area contributed by atoms with Crippen molar-refractivity contribution in [3.8, 4) is 11.5 Å². The number of aliphatic hydroxyl groups excluding tert-OH is 1. The maximum atomic E-state index is 9.75. The Morgan fingerprint density at radius 1 is 1.43 bits per heavy atom. The fourth-order valence-corrected chi connectivity index (χ4v) is 2.82. The van der Waals surface area contributed by atoms with Crippen molar-refractivity contribution in [3.05, 3.63) is 22.7 Å². The second kappa shape index (κ2) is 7.84. The van der Waals surface area contributed by atoms with Crippen LogP contribution in [0, 0.1) is 5.92 Å². The normalized spacial score (nSPS) is 21.5. The Morgan fingerprint density at radius 3 is 2.86 bits per heavy atom. The molecule has 0 radical (unpaired) electrons. The molecule has 1 aliphatic heterocycles. The molecule has 0 saturated carbocycles. The maximum Gasteiger partial charge on any atom is 0.179 e. The number of β-amino-alcohol motifs (C(OH)–C–C–N with tert-alkyl or cyclic N) is 1. The first-order valence-electron chi connectivity index (χ1n) is 7.24. The summed E-state index contributed by atoms with van der Waals surface area (Å²) in [5.74, 6) is 1.48. The second-order valence-corrected chi connectivity index (χ2v) is 5.57. The summed E-state index contributed by atoms with van der Waals surface area (Å²) in [6.45, 7) is 5.45. The van der Waals surface area contributed by atoms with Crippen LogP contribution in [0.2, 0.25) is 5.02 Å². The predicted octanol–water partition coefficient (Wildman–Crippen LogP) is 1.42. The van der Waals surface area contributed by atoms with Crippen LogP contribution in [0.5, 0.6) is 11.5 Å².